The van der Waals surface area contributed by atoms with Crippen molar-refractivity contribution < 1.29 is 0 Å². The predicted molar refractivity (Wildman–Crippen MR) is 68.8 cm³/mol. The first-order chi connectivity index (χ1) is 8.25. The van der Waals surface area contributed by atoms with Crippen molar-refractivity contribution in [3.05, 3.63) is 41.2 Å². The van der Waals surface area contributed by atoms with Gasteiger partial charge in [-0.15, -0.1) is 10.2 Å². The first kappa shape index (κ1) is 10.7. The SMILES string of the molecule is Cc1ccccc1C1CSc2nnc(C)n2N1. The number of rotatable bonds is 1. The van der Waals surface area contributed by atoms with Gasteiger partial charge in [-0.1, -0.05) is 36.0 Å². The lowest BCUT2D eigenvalue weighted by atomic mass is 10.0. The third-order valence-corrected chi connectivity index (χ3v) is 4.05. The van der Waals surface area contributed by atoms with E-state index in [9.17, 15) is 0 Å². The molecule has 1 unspecified atom stereocenters. The largest absolute Gasteiger partial charge is 0.314 e. The van der Waals surface area contributed by atoms with Crippen molar-refractivity contribution in [3.63, 3.8) is 0 Å². The predicted octanol–water partition coefficient (Wildman–Crippen LogP) is 2.29. The number of aromatic nitrogens is 3. The summed E-state index contributed by atoms with van der Waals surface area (Å²) >= 11 is 1.75. The van der Waals surface area contributed by atoms with Crippen LogP contribution in [0.4, 0.5) is 0 Å². The fourth-order valence-electron chi connectivity index (χ4n) is 2.07. The molecule has 1 aliphatic heterocycles. The second-order valence-electron chi connectivity index (χ2n) is 4.21. The van der Waals surface area contributed by atoms with Gasteiger partial charge in [0.1, 0.15) is 5.82 Å². The zero-order valence-electron chi connectivity index (χ0n) is 9.84. The van der Waals surface area contributed by atoms with Gasteiger partial charge in [0, 0.05) is 5.75 Å². The van der Waals surface area contributed by atoms with Crippen LogP contribution < -0.4 is 5.43 Å². The minimum absolute atomic E-state index is 0.323. The Morgan fingerprint density at radius 1 is 1.29 bits per heavy atom. The molecule has 5 heteroatoms. The molecule has 0 saturated carbocycles. The molecule has 0 spiro atoms. The van der Waals surface area contributed by atoms with E-state index in [1.54, 1.807) is 11.8 Å². The Bertz CT molecular complexity index is 549. The van der Waals surface area contributed by atoms with Crippen LogP contribution in [0.25, 0.3) is 0 Å². The molecule has 0 amide bonds. The minimum Gasteiger partial charge on any atom is -0.314 e. The van der Waals surface area contributed by atoms with Gasteiger partial charge in [0.25, 0.3) is 0 Å². The molecule has 3 rings (SSSR count). The molecule has 1 atom stereocenters. The number of nitrogens with zero attached hydrogens (tertiary/aromatic N) is 3. The quantitative estimate of drug-likeness (QED) is 0.838. The van der Waals surface area contributed by atoms with Crippen LogP contribution in [0.5, 0.6) is 0 Å². The maximum atomic E-state index is 4.12. The van der Waals surface area contributed by atoms with E-state index >= 15 is 0 Å². The van der Waals surface area contributed by atoms with Crippen molar-refractivity contribution in [3.8, 4) is 0 Å². The van der Waals surface area contributed by atoms with Crippen LogP contribution in [0.1, 0.15) is 23.0 Å². The molecule has 2 aromatic rings. The van der Waals surface area contributed by atoms with Crippen molar-refractivity contribution in [2.24, 2.45) is 0 Å². The van der Waals surface area contributed by atoms with Gasteiger partial charge >= 0.3 is 0 Å². The third-order valence-electron chi connectivity index (χ3n) is 3.02. The van der Waals surface area contributed by atoms with Crippen LogP contribution in [0.3, 0.4) is 0 Å². The summed E-state index contributed by atoms with van der Waals surface area (Å²) in [6.45, 7) is 4.11. The molecule has 0 bridgehead atoms. The molecule has 1 aromatic heterocycles. The van der Waals surface area contributed by atoms with E-state index in [4.69, 9.17) is 0 Å². The van der Waals surface area contributed by atoms with Crippen molar-refractivity contribution in [2.75, 3.05) is 11.2 Å². The first-order valence-corrected chi connectivity index (χ1v) is 6.61. The standard InChI is InChI=1S/C12H14N4S/c1-8-5-3-4-6-10(8)11-7-17-12-14-13-9(2)16(12)15-11/h3-6,11,15H,7H2,1-2H3. The molecule has 4 nitrogen and oxygen atoms in total. The number of aryl methyl sites for hydroxylation is 2. The molecule has 0 radical (unpaired) electrons. The number of hydrogen-bond acceptors (Lipinski definition) is 4. The summed E-state index contributed by atoms with van der Waals surface area (Å²) in [4.78, 5) is 0. The molecule has 0 fully saturated rings. The summed E-state index contributed by atoms with van der Waals surface area (Å²) in [5.74, 6) is 1.90. The second kappa shape index (κ2) is 4.07. The van der Waals surface area contributed by atoms with E-state index in [1.807, 2.05) is 11.6 Å². The molecular formula is C12H14N4S. The van der Waals surface area contributed by atoms with E-state index in [0.717, 1.165) is 16.7 Å². The zero-order valence-corrected chi connectivity index (χ0v) is 10.7. The molecule has 17 heavy (non-hydrogen) atoms. The summed E-state index contributed by atoms with van der Waals surface area (Å²) in [7, 11) is 0. The van der Waals surface area contributed by atoms with Gasteiger partial charge in [0.2, 0.25) is 5.16 Å². The highest BCUT2D eigenvalue weighted by molar-refractivity contribution is 7.99. The lowest BCUT2D eigenvalue weighted by Crippen LogP contribution is -2.28. The van der Waals surface area contributed by atoms with Gasteiger partial charge < -0.3 is 5.43 Å². The number of thioether (sulfide) groups is 1. The molecular weight excluding hydrogens is 232 g/mol. The molecule has 2 heterocycles. The fraction of sp³-hybridized carbons (Fsp3) is 0.333. The van der Waals surface area contributed by atoms with E-state index in [2.05, 4.69) is 46.8 Å². The van der Waals surface area contributed by atoms with Crippen LogP contribution in [-0.2, 0) is 0 Å². The molecule has 1 aromatic carbocycles. The van der Waals surface area contributed by atoms with Crippen molar-refractivity contribution in [1.82, 2.24) is 14.9 Å². The van der Waals surface area contributed by atoms with Gasteiger partial charge in [0.05, 0.1) is 6.04 Å². The Kier molecular flexibility index (Phi) is 2.55. The van der Waals surface area contributed by atoms with Crippen molar-refractivity contribution in [2.45, 2.75) is 25.0 Å². The highest BCUT2D eigenvalue weighted by Gasteiger charge is 2.23. The summed E-state index contributed by atoms with van der Waals surface area (Å²) in [5, 5.41) is 9.15. The van der Waals surface area contributed by atoms with Crippen LogP contribution in [0.2, 0.25) is 0 Å². The lowest BCUT2D eigenvalue weighted by Gasteiger charge is -2.27. The molecule has 0 saturated heterocycles. The average Bonchev–Trinajstić information content (AvgIpc) is 2.71. The van der Waals surface area contributed by atoms with Crippen LogP contribution >= 0.6 is 11.8 Å². The summed E-state index contributed by atoms with van der Waals surface area (Å²) in [5.41, 5.74) is 6.14. The number of hydrogen-bond donors (Lipinski definition) is 1. The van der Waals surface area contributed by atoms with Gasteiger partial charge in [-0.05, 0) is 25.0 Å². The Hall–Kier alpha value is -1.49. The minimum atomic E-state index is 0.323. The molecule has 0 aliphatic carbocycles. The molecule has 1 aliphatic rings. The van der Waals surface area contributed by atoms with E-state index < -0.39 is 0 Å². The molecule has 1 N–H and O–H groups in total. The van der Waals surface area contributed by atoms with E-state index in [0.29, 0.717) is 6.04 Å². The van der Waals surface area contributed by atoms with E-state index in [-0.39, 0.29) is 0 Å². The van der Waals surface area contributed by atoms with Crippen LogP contribution in [0.15, 0.2) is 29.4 Å². The van der Waals surface area contributed by atoms with Gasteiger partial charge in [-0.3, -0.25) is 0 Å². The lowest BCUT2D eigenvalue weighted by molar-refractivity contribution is 0.644. The number of benzene rings is 1. The average molecular weight is 246 g/mol. The van der Waals surface area contributed by atoms with Gasteiger partial charge in [-0.2, -0.15) is 0 Å². The zero-order chi connectivity index (χ0) is 11.8. The van der Waals surface area contributed by atoms with Crippen molar-refractivity contribution >= 4 is 11.8 Å². The highest BCUT2D eigenvalue weighted by Crippen LogP contribution is 2.30. The summed E-state index contributed by atoms with van der Waals surface area (Å²) in [6.07, 6.45) is 0. The van der Waals surface area contributed by atoms with Gasteiger partial charge in [-0.25, -0.2) is 4.68 Å². The first-order valence-electron chi connectivity index (χ1n) is 5.62. The Morgan fingerprint density at radius 3 is 2.94 bits per heavy atom. The fourth-order valence-corrected chi connectivity index (χ4v) is 3.06. The van der Waals surface area contributed by atoms with Crippen LogP contribution in [-0.4, -0.2) is 20.6 Å². The van der Waals surface area contributed by atoms with Crippen LogP contribution in [0, 0.1) is 13.8 Å². The third kappa shape index (κ3) is 1.80. The Balaban J connectivity index is 1.94. The second-order valence-corrected chi connectivity index (χ2v) is 5.20. The maximum Gasteiger partial charge on any atom is 0.210 e. The topological polar surface area (TPSA) is 42.7 Å². The van der Waals surface area contributed by atoms with Gasteiger partial charge in [0.15, 0.2) is 0 Å². The molecule has 88 valence electrons. The highest BCUT2D eigenvalue weighted by atomic mass is 32.2. The summed E-state index contributed by atoms with van der Waals surface area (Å²) in [6, 6.07) is 8.81. The number of fused-ring (bicyclic) bond motifs is 1. The monoisotopic (exact) mass is 246 g/mol. The number of nitrogens with one attached hydrogen (secondary N) is 1. The van der Waals surface area contributed by atoms with E-state index in [1.165, 1.54) is 11.1 Å². The van der Waals surface area contributed by atoms with Crippen molar-refractivity contribution in [1.29, 1.82) is 0 Å². The Labute approximate surface area is 104 Å². The Morgan fingerprint density at radius 2 is 2.12 bits per heavy atom. The smallest absolute Gasteiger partial charge is 0.210 e. The summed E-state index contributed by atoms with van der Waals surface area (Å²) < 4.78 is 1.98. The maximum absolute atomic E-state index is 4.12. The normalized spacial score (nSPS) is 18.6.